The van der Waals surface area contributed by atoms with Crippen molar-refractivity contribution in [3.05, 3.63) is 0 Å². The SMILES string of the molecule is OCC(CN1CC2CCCC2C1)NC1CC1. The number of likely N-dealkylation sites (tertiary alicyclic amines) is 1. The molecule has 1 heterocycles. The summed E-state index contributed by atoms with van der Waals surface area (Å²) < 4.78 is 0. The van der Waals surface area contributed by atoms with Gasteiger partial charge >= 0.3 is 0 Å². The van der Waals surface area contributed by atoms with Crippen LogP contribution >= 0.6 is 0 Å². The second-order valence-corrected chi connectivity index (χ2v) is 5.99. The molecule has 2 N–H and O–H groups in total. The van der Waals surface area contributed by atoms with Crippen LogP contribution in [0.2, 0.25) is 0 Å². The van der Waals surface area contributed by atoms with E-state index in [1.165, 1.54) is 45.2 Å². The largest absolute Gasteiger partial charge is 0.395 e. The Morgan fingerprint density at radius 2 is 1.81 bits per heavy atom. The summed E-state index contributed by atoms with van der Waals surface area (Å²) in [6.07, 6.45) is 6.96. The molecule has 0 aromatic carbocycles. The Morgan fingerprint density at radius 3 is 2.38 bits per heavy atom. The highest BCUT2D eigenvalue weighted by Crippen LogP contribution is 2.37. The molecule has 3 atom stereocenters. The molecule has 0 aromatic heterocycles. The van der Waals surface area contributed by atoms with E-state index in [0.29, 0.717) is 18.7 Å². The molecule has 0 aromatic rings. The fourth-order valence-electron chi connectivity index (χ4n) is 3.54. The molecule has 2 aliphatic carbocycles. The molecule has 3 heteroatoms. The van der Waals surface area contributed by atoms with Crippen LogP contribution in [0.5, 0.6) is 0 Å². The molecule has 2 saturated carbocycles. The van der Waals surface area contributed by atoms with Crippen LogP contribution in [0.4, 0.5) is 0 Å². The first-order chi connectivity index (χ1) is 7.85. The van der Waals surface area contributed by atoms with E-state index in [4.69, 9.17) is 0 Å². The van der Waals surface area contributed by atoms with Gasteiger partial charge in [0, 0.05) is 31.7 Å². The highest BCUT2D eigenvalue weighted by atomic mass is 16.3. The van der Waals surface area contributed by atoms with Crippen LogP contribution in [0, 0.1) is 11.8 Å². The third kappa shape index (κ3) is 2.41. The van der Waals surface area contributed by atoms with Gasteiger partial charge in [0.2, 0.25) is 0 Å². The predicted octanol–water partition coefficient (Wildman–Crippen LogP) is 0.831. The van der Waals surface area contributed by atoms with E-state index in [9.17, 15) is 5.11 Å². The van der Waals surface area contributed by atoms with Crippen LogP contribution in [0.25, 0.3) is 0 Å². The fourth-order valence-corrected chi connectivity index (χ4v) is 3.54. The van der Waals surface area contributed by atoms with E-state index in [2.05, 4.69) is 10.2 Å². The summed E-state index contributed by atoms with van der Waals surface area (Å²) in [7, 11) is 0. The Hall–Kier alpha value is -0.120. The summed E-state index contributed by atoms with van der Waals surface area (Å²) >= 11 is 0. The molecule has 3 rings (SSSR count). The molecule has 92 valence electrons. The molecular weight excluding hydrogens is 200 g/mol. The monoisotopic (exact) mass is 224 g/mol. The van der Waals surface area contributed by atoms with E-state index < -0.39 is 0 Å². The first-order valence-corrected chi connectivity index (χ1v) is 6.94. The van der Waals surface area contributed by atoms with Gasteiger partial charge in [-0.2, -0.15) is 0 Å². The van der Waals surface area contributed by atoms with Crippen LogP contribution in [0.15, 0.2) is 0 Å². The molecule has 16 heavy (non-hydrogen) atoms. The van der Waals surface area contributed by atoms with Crippen molar-refractivity contribution in [2.24, 2.45) is 11.8 Å². The smallest absolute Gasteiger partial charge is 0.0597 e. The second kappa shape index (κ2) is 4.63. The summed E-state index contributed by atoms with van der Waals surface area (Å²) in [6.45, 7) is 3.92. The van der Waals surface area contributed by atoms with Gasteiger partial charge in [0.15, 0.2) is 0 Å². The number of rotatable bonds is 5. The zero-order chi connectivity index (χ0) is 11.0. The zero-order valence-electron chi connectivity index (χ0n) is 10.1. The first kappa shape index (κ1) is 11.0. The molecule has 3 aliphatic rings. The molecule has 3 unspecified atom stereocenters. The molecule has 1 saturated heterocycles. The van der Waals surface area contributed by atoms with Crippen molar-refractivity contribution in [3.8, 4) is 0 Å². The fraction of sp³-hybridized carbons (Fsp3) is 1.00. The van der Waals surface area contributed by atoms with Gasteiger partial charge in [-0.3, -0.25) is 0 Å². The maximum Gasteiger partial charge on any atom is 0.0597 e. The minimum Gasteiger partial charge on any atom is -0.395 e. The van der Waals surface area contributed by atoms with Gasteiger partial charge in [-0.25, -0.2) is 0 Å². The quantitative estimate of drug-likeness (QED) is 0.726. The minimum absolute atomic E-state index is 0.294. The number of aliphatic hydroxyl groups excluding tert-OH is 1. The summed E-state index contributed by atoms with van der Waals surface area (Å²) in [5.74, 6) is 1.94. The average Bonchev–Trinajstić information content (AvgIpc) is 2.83. The first-order valence-electron chi connectivity index (χ1n) is 6.94. The Bertz CT molecular complexity index is 230. The van der Waals surface area contributed by atoms with E-state index in [1.807, 2.05) is 0 Å². The van der Waals surface area contributed by atoms with Crippen LogP contribution in [0.1, 0.15) is 32.1 Å². The van der Waals surface area contributed by atoms with Crippen molar-refractivity contribution in [2.75, 3.05) is 26.2 Å². The topological polar surface area (TPSA) is 35.5 Å². The van der Waals surface area contributed by atoms with Crippen molar-refractivity contribution in [3.63, 3.8) is 0 Å². The van der Waals surface area contributed by atoms with Crippen molar-refractivity contribution in [1.29, 1.82) is 0 Å². The molecule has 0 bridgehead atoms. The van der Waals surface area contributed by atoms with Crippen LogP contribution in [-0.4, -0.2) is 48.3 Å². The van der Waals surface area contributed by atoms with Crippen LogP contribution in [-0.2, 0) is 0 Å². The second-order valence-electron chi connectivity index (χ2n) is 5.99. The van der Waals surface area contributed by atoms with Crippen LogP contribution < -0.4 is 5.32 Å². The lowest BCUT2D eigenvalue weighted by Crippen LogP contribution is -2.43. The van der Waals surface area contributed by atoms with Crippen molar-refractivity contribution < 1.29 is 5.11 Å². The van der Waals surface area contributed by atoms with Gasteiger partial charge in [-0.15, -0.1) is 0 Å². The van der Waals surface area contributed by atoms with Gasteiger partial charge in [-0.1, -0.05) is 6.42 Å². The third-order valence-electron chi connectivity index (χ3n) is 4.55. The maximum atomic E-state index is 9.38. The van der Waals surface area contributed by atoms with Gasteiger partial charge in [0.1, 0.15) is 0 Å². The number of hydrogen-bond acceptors (Lipinski definition) is 3. The maximum absolute atomic E-state index is 9.38. The molecule has 0 spiro atoms. The normalized spacial score (nSPS) is 36.6. The van der Waals surface area contributed by atoms with E-state index in [-0.39, 0.29) is 0 Å². The van der Waals surface area contributed by atoms with E-state index >= 15 is 0 Å². The lowest BCUT2D eigenvalue weighted by Gasteiger charge is -2.23. The Labute approximate surface area is 98.2 Å². The molecular formula is C13H24N2O. The van der Waals surface area contributed by atoms with Crippen LogP contribution in [0.3, 0.4) is 0 Å². The van der Waals surface area contributed by atoms with Crippen molar-refractivity contribution >= 4 is 0 Å². The molecule has 3 nitrogen and oxygen atoms in total. The van der Waals surface area contributed by atoms with E-state index in [0.717, 1.165) is 18.4 Å². The molecule has 0 radical (unpaired) electrons. The van der Waals surface area contributed by atoms with Crippen molar-refractivity contribution in [1.82, 2.24) is 10.2 Å². The van der Waals surface area contributed by atoms with Gasteiger partial charge in [-0.05, 0) is 37.5 Å². The van der Waals surface area contributed by atoms with Crippen molar-refractivity contribution in [2.45, 2.75) is 44.2 Å². The summed E-state index contributed by atoms with van der Waals surface area (Å²) in [5.41, 5.74) is 0. The highest BCUT2D eigenvalue weighted by Gasteiger charge is 2.36. The highest BCUT2D eigenvalue weighted by molar-refractivity contribution is 4.91. The minimum atomic E-state index is 0.294. The summed E-state index contributed by atoms with van der Waals surface area (Å²) in [4.78, 5) is 2.57. The molecule has 1 aliphatic heterocycles. The van der Waals surface area contributed by atoms with Gasteiger partial charge in [0.05, 0.1) is 6.61 Å². The number of nitrogens with zero attached hydrogens (tertiary/aromatic N) is 1. The lowest BCUT2D eigenvalue weighted by atomic mass is 10.0. The number of fused-ring (bicyclic) bond motifs is 1. The van der Waals surface area contributed by atoms with Gasteiger partial charge < -0.3 is 15.3 Å². The standard InChI is InChI=1S/C13H24N2O/c16-9-13(14-12-4-5-12)8-15-6-10-2-1-3-11(10)7-15/h10-14,16H,1-9H2. The number of hydrogen-bond donors (Lipinski definition) is 2. The lowest BCUT2D eigenvalue weighted by molar-refractivity contribution is 0.191. The molecule has 3 fully saturated rings. The summed E-state index contributed by atoms with van der Waals surface area (Å²) in [6, 6.07) is 1.02. The molecule has 0 amide bonds. The van der Waals surface area contributed by atoms with E-state index in [1.54, 1.807) is 0 Å². The zero-order valence-corrected chi connectivity index (χ0v) is 10.1. The Kier molecular flexibility index (Phi) is 3.18. The average molecular weight is 224 g/mol. The summed E-state index contributed by atoms with van der Waals surface area (Å²) in [5, 5.41) is 12.9. The number of aliphatic hydroxyl groups is 1. The predicted molar refractivity (Wildman–Crippen MR) is 64.3 cm³/mol. The third-order valence-corrected chi connectivity index (χ3v) is 4.55. The Balaban J connectivity index is 1.46. The number of nitrogens with one attached hydrogen (secondary N) is 1. The Morgan fingerprint density at radius 1 is 1.12 bits per heavy atom. The van der Waals surface area contributed by atoms with Gasteiger partial charge in [0.25, 0.3) is 0 Å².